The van der Waals surface area contributed by atoms with E-state index < -0.39 is 34.3 Å². The summed E-state index contributed by atoms with van der Waals surface area (Å²) >= 11 is 0. The topological polar surface area (TPSA) is 161 Å². The van der Waals surface area contributed by atoms with E-state index in [2.05, 4.69) is 0 Å². The molecular weight excluding hydrogens is 432 g/mol. The molecule has 1 atom stereocenters. The van der Waals surface area contributed by atoms with Crippen molar-refractivity contribution in [1.29, 1.82) is 0 Å². The van der Waals surface area contributed by atoms with Crippen LogP contribution < -0.4 is 10.2 Å². The van der Waals surface area contributed by atoms with Gasteiger partial charge in [-0.2, -0.15) is 0 Å². The van der Waals surface area contributed by atoms with E-state index in [-0.39, 0.29) is 45.1 Å². The molecule has 0 aliphatic rings. The van der Waals surface area contributed by atoms with Crippen LogP contribution in [0.5, 0.6) is 40.2 Å². The maximum absolute atomic E-state index is 12.9. The summed E-state index contributed by atoms with van der Waals surface area (Å²) in [5, 5.41) is 60.4. The van der Waals surface area contributed by atoms with Crippen molar-refractivity contribution in [1.82, 2.24) is 0 Å². The Hall–Kier alpha value is -4.53. The smallest absolute Gasteiger partial charge is 0.238 e. The third-order valence-corrected chi connectivity index (χ3v) is 5.51. The van der Waals surface area contributed by atoms with Gasteiger partial charge in [0.25, 0.3) is 0 Å². The van der Waals surface area contributed by atoms with Gasteiger partial charge in [0, 0.05) is 23.1 Å². The van der Waals surface area contributed by atoms with Crippen LogP contribution in [0, 0.1) is 0 Å². The van der Waals surface area contributed by atoms with Crippen LogP contribution in [0.15, 0.2) is 51.7 Å². The van der Waals surface area contributed by atoms with E-state index in [0.717, 1.165) is 18.2 Å². The van der Waals surface area contributed by atoms with Gasteiger partial charge in [-0.05, 0) is 35.9 Å². The van der Waals surface area contributed by atoms with Crippen LogP contribution in [0.4, 0.5) is 0 Å². The number of methoxy groups -OCH3 is 1. The Balaban J connectivity index is 2.03. The van der Waals surface area contributed by atoms with Gasteiger partial charge in [-0.3, -0.25) is 4.79 Å². The second-order valence-electron chi connectivity index (χ2n) is 7.50. The van der Waals surface area contributed by atoms with Gasteiger partial charge in [0.2, 0.25) is 11.2 Å². The molecule has 33 heavy (non-hydrogen) atoms. The summed E-state index contributed by atoms with van der Waals surface area (Å²) < 4.78 is 11.0. The molecule has 0 bridgehead atoms. The summed E-state index contributed by atoms with van der Waals surface area (Å²) in [6.07, 6.45) is 0. The van der Waals surface area contributed by atoms with Gasteiger partial charge in [-0.15, -0.1) is 0 Å². The van der Waals surface area contributed by atoms with Crippen molar-refractivity contribution in [3.05, 3.63) is 63.8 Å². The first-order valence-electron chi connectivity index (χ1n) is 9.77. The van der Waals surface area contributed by atoms with Crippen molar-refractivity contribution in [2.75, 3.05) is 7.11 Å². The Morgan fingerprint density at radius 2 is 1.52 bits per heavy atom. The quantitative estimate of drug-likeness (QED) is 0.253. The lowest BCUT2D eigenvalue weighted by Crippen LogP contribution is -2.07. The Morgan fingerprint density at radius 3 is 2.18 bits per heavy atom. The Kier molecular flexibility index (Phi) is 5.17. The number of hydrogen-bond donors (Lipinski definition) is 6. The SMILES string of the molecule is COc1cc(C(C)c2c(O)cc(O)c3c(=O)c(O)c(-c4ccc(O)c(O)c4)oc23)ccc1O. The average molecular weight is 452 g/mol. The van der Waals surface area contributed by atoms with Gasteiger partial charge < -0.3 is 39.8 Å². The standard InChI is InChI=1S/C24H20O9/c1-10(11-3-6-14(26)18(8-11)32-2)19-16(28)9-17(29)20-21(30)22(31)23(33-24(19)20)12-4-5-13(25)15(27)7-12/h3-10,25-29,31H,1-2H3. The minimum atomic E-state index is -0.951. The summed E-state index contributed by atoms with van der Waals surface area (Å²) in [7, 11) is 1.39. The maximum atomic E-state index is 12.9. The lowest BCUT2D eigenvalue weighted by Gasteiger charge is -2.18. The first kappa shape index (κ1) is 21.7. The first-order valence-corrected chi connectivity index (χ1v) is 9.77. The Morgan fingerprint density at radius 1 is 0.818 bits per heavy atom. The molecule has 9 heteroatoms. The molecule has 4 aromatic rings. The number of ether oxygens (including phenoxy) is 1. The van der Waals surface area contributed by atoms with Gasteiger partial charge in [0.15, 0.2) is 28.8 Å². The fraction of sp³-hybridized carbons (Fsp3) is 0.125. The van der Waals surface area contributed by atoms with Gasteiger partial charge in [-0.1, -0.05) is 13.0 Å². The maximum Gasteiger partial charge on any atom is 0.238 e. The number of benzene rings is 3. The number of aromatic hydroxyl groups is 6. The molecule has 0 saturated heterocycles. The first-order chi connectivity index (χ1) is 15.6. The molecule has 6 N–H and O–H groups in total. The third kappa shape index (κ3) is 3.49. The molecule has 4 rings (SSSR count). The fourth-order valence-electron chi connectivity index (χ4n) is 3.75. The summed E-state index contributed by atoms with van der Waals surface area (Å²) in [5.41, 5.74) is -0.330. The second-order valence-corrected chi connectivity index (χ2v) is 7.50. The van der Waals surface area contributed by atoms with E-state index in [1.54, 1.807) is 19.1 Å². The van der Waals surface area contributed by atoms with Crippen LogP contribution in [0.3, 0.4) is 0 Å². The third-order valence-electron chi connectivity index (χ3n) is 5.51. The zero-order valence-corrected chi connectivity index (χ0v) is 17.5. The summed E-state index contributed by atoms with van der Waals surface area (Å²) in [4.78, 5) is 12.9. The number of phenolic OH excluding ortho intramolecular Hbond substituents is 5. The number of phenols is 5. The predicted octanol–water partition coefficient (Wildman–Crippen LogP) is 3.85. The molecule has 0 aliphatic heterocycles. The number of fused-ring (bicyclic) bond motifs is 1. The Bertz CT molecular complexity index is 1450. The fourth-order valence-corrected chi connectivity index (χ4v) is 3.75. The zero-order chi connectivity index (χ0) is 24.0. The van der Waals surface area contributed by atoms with Gasteiger partial charge in [-0.25, -0.2) is 0 Å². The number of rotatable bonds is 4. The van der Waals surface area contributed by atoms with E-state index >= 15 is 0 Å². The molecule has 9 nitrogen and oxygen atoms in total. The molecule has 1 aromatic heterocycles. The normalized spacial score (nSPS) is 12.1. The van der Waals surface area contributed by atoms with Crippen molar-refractivity contribution in [2.24, 2.45) is 0 Å². The van der Waals surface area contributed by atoms with Crippen molar-refractivity contribution in [2.45, 2.75) is 12.8 Å². The summed E-state index contributed by atoms with van der Waals surface area (Å²) in [5.74, 6) is -3.52. The van der Waals surface area contributed by atoms with Gasteiger partial charge in [0.1, 0.15) is 22.5 Å². The molecule has 0 amide bonds. The minimum Gasteiger partial charge on any atom is -0.507 e. The van der Waals surface area contributed by atoms with Crippen LogP contribution in [0.1, 0.15) is 24.0 Å². The van der Waals surface area contributed by atoms with Crippen LogP contribution in [0.25, 0.3) is 22.3 Å². The highest BCUT2D eigenvalue weighted by Gasteiger charge is 2.26. The largest absolute Gasteiger partial charge is 0.507 e. The highest BCUT2D eigenvalue weighted by Crippen LogP contribution is 2.44. The lowest BCUT2D eigenvalue weighted by molar-refractivity contribution is 0.372. The molecule has 3 aromatic carbocycles. The highest BCUT2D eigenvalue weighted by molar-refractivity contribution is 5.91. The van der Waals surface area contributed by atoms with Crippen LogP contribution in [-0.4, -0.2) is 37.7 Å². The van der Waals surface area contributed by atoms with Crippen LogP contribution in [0.2, 0.25) is 0 Å². The Labute approximate surface area is 186 Å². The zero-order valence-electron chi connectivity index (χ0n) is 17.5. The van der Waals surface area contributed by atoms with Crippen molar-refractivity contribution in [3.63, 3.8) is 0 Å². The van der Waals surface area contributed by atoms with Crippen molar-refractivity contribution < 1.29 is 39.8 Å². The lowest BCUT2D eigenvalue weighted by atomic mass is 9.90. The highest BCUT2D eigenvalue weighted by atomic mass is 16.5. The van der Waals surface area contributed by atoms with Crippen LogP contribution in [-0.2, 0) is 0 Å². The molecular formula is C24H20O9. The molecule has 0 spiro atoms. The molecule has 170 valence electrons. The van der Waals surface area contributed by atoms with E-state index in [0.29, 0.717) is 5.56 Å². The second kappa shape index (κ2) is 7.86. The van der Waals surface area contributed by atoms with E-state index in [1.165, 1.54) is 19.2 Å². The molecule has 1 unspecified atom stereocenters. The molecule has 0 fully saturated rings. The molecule has 0 aliphatic carbocycles. The van der Waals surface area contributed by atoms with Crippen LogP contribution >= 0.6 is 0 Å². The average Bonchev–Trinajstić information content (AvgIpc) is 2.77. The molecule has 0 saturated carbocycles. The monoisotopic (exact) mass is 452 g/mol. The van der Waals surface area contributed by atoms with Crippen molar-refractivity contribution in [3.8, 4) is 51.6 Å². The molecule has 1 heterocycles. The minimum absolute atomic E-state index is 0.0783. The summed E-state index contributed by atoms with van der Waals surface area (Å²) in [6, 6.07) is 9.10. The molecule has 0 radical (unpaired) electrons. The van der Waals surface area contributed by atoms with E-state index in [4.69, 9.17) is 9.15 Å². The predicted molar refractivity (Wildman–Crippen MR) is 118 cm³/mol. The van der Waals surface area contributed by atoms with Gasteiger partial charge >= 0.3 is 0 Å². The van der Waals surface area contributed by atoms with E-state index in [1.807, 2.05) is 0 Å². The number of hydrogen-bond acceptors (Lipinski definition) is 9. The van der Waals surface area contributed by atoms with E-state index in [9.17, 15) is 35.4 Å². The van der Waals surface area contributed by atoms with Crippen molar-refractivity contribution >= 4 is 11.0 Å². The summed E-state index contributed by atoms with van der Waals surface area (Å²) in [6.45, 7) is 1.70. The van der Waals surface area contributed by atoms with Gasteiger partial charge in [0.05, 0.1) is 7.11 Å².